The number of hydrogen-bond acceptors (Lipinski definition) is 3. The van der Waals surface area contributed by atoms with Crippen LogP contribution in [0.15, 0.2) is 5.38 Å². The summed E-state index contributed by atoms with van der Waals surface area (Å²) in [6, 6.07) is 2.23. The summed E-state index contributed by atoms with van der Waals surface area (Å²) in [5.41, 5.74) is 8.28. The highest BCUT2D eigenvalue weighted by molar-refractivity contribution is 7.11. The van der Waals surface area contributed by atoms with Gasteiger partial charge in [-0.2, -0.15) is 5.26 Å². The van der Waals surface area contributed by atoms with Crippen molar-refractivity contribution >= 4 is 17.0 Å². The second-order valence-electron chi connectivity index (χ2n) is 6.50. The van der Waals surface area contributed by atoms with E-state index in [-0.39, 0.29) is 0 Å². The van der Waals surface area contributed by atoms with E-state index in [1.165, 1.54) is 49.0 Å². The van der Waals surface area contributed by atoms with E-state index in [2.05, 4.69) is 11.4 Å². The van der Waals surface area contributed by atoms with E-state index in [0.29, 0.717) is 5.92 Å². The van der Waals surface area contributed by atoms with Crippen molar-refractivity contribution in [1.82, 2.24) is 0 Å². The molecular formula is C15H18N2S. The number of nitriles is 1. The zero-order valence-corrected chi connectivity index (χ0v) is 11.2. The van der Waals surface area contributed by atoms with Crippen molar-refractivity contribution in [1.29, 1.82) is 5.26 Å². The first-order chi connectivity index (χ1) is 8.76. The fraction of sp³-hybridized carbons (Fsp3) is 0.667. The molecule has 5 rings (SSSR count). The first kappa shape index (κ1) is 10.9. The zero-order chi connectivity index (χ0) is 12.3. The third-order valence-electron chi connectivity index (χ3n) is 5.55. The molecular weight excluding hydrogens is 240 g/mol. The number of nitrogens with two attached hydrogens (primary N) is 1. The monoisotopic (exact) mass is 258 g/mol. The molecule has 2 nitrogen and oxygen atoms in total. The van der Waals surface area contributed by atoms with E-state index in [4.69, 9.17) is 11.0 Å². The predicted molar refractivity (Wildman–Crippen MR) is 73.2 cm³/mol. The second-order valence-corrected chi connectivity index (χ2v) is 7.38. The van der Waals surface area contributed by atoms with Gasteiger partial charge in [-0.1, -0.05) is 0 Å². The summed E-state index contributed by atoms with van der Waals surface area (Å²) in [6.45, 7) is 0. The molecule has 1 heterocycles. The van der Waals surface area contributed by atoms with Crippen LogP contribution in [0.4, 0.5) is 5.69 Å². The molecule has 4 aliphatic carbocycles. The fourth-order valence-electron chi connectivity index (χ4n) is 5.16. The highest BCUT2D eigenvalue weighted by Crippen LogP contribution is 2.60. The van der Waals surface area contributed by atoms with Crippen LogP contribution in [0.1, 0.15) is 48.5 Å². The molecule has 0 unspecified atom stereocenters. The molecule has 0 radical (unpaired) electrons. The normalized spacial score (nSPS) is 40.9. The van der Waals surface area contributed by atoms with Gasteiger partial charge in [0.05, 0.1) is 5.69 Å². The van der Waals surface area contributed by atoms with Gasteiger partial charge in [0.15, 0.2) is 0 Å². The van der Waals surface area contributed by atoms with Crippen molar-refractivity contribution in [3.05, 3.63) is 15.8 Å². The maximum absolute atomic E-state index is 9.06. The average Bonchev–Trinajstić information content (AvgIpc) is 2.70. The smallest absolute Gasteiger partial charge is 0.128 e. The summed E-state index contributed by atoms with van der Waals surface area (Å²) in [6.07, 6.45) is 7.13. The molecule has 1 aromatic rings. The largest absolute Gasteiger partial charge is 0.397 e. The molecule has 18 heavy (non-hydrogen) atoms. The number of nitrogens with zero attached hydrogens (tertiary/aromatic N) is 1. The molecule has 4 aliphatic rings. The molecule has 4 saturated carbocycles. The standard InChI is InChI=1S/C15H18N2S/c16-6-13-15(17)12(7-18-13)14-10-2-8-1-9(4-10)5-11(14)3-8/h7-11,14H,1-5,17H2. The van der Waals surface area contributed by atoms with Gasteiger partial charge in [0.25, 0.3) is 0 Å². The van der Waals surface area contributed by atoms with Gasteiger partial charge in [-0.3, -0.25) is 0 Å². The number of rotatable bonds is 1. The van der Waals surface area contributed by atoms with Crippen LogP contribution in [0.3, 0.4) is 0 Å². The Hall–Kier alpha value is -1.01. The lowest BCUT2D eigenvalue weighted by Crippen LogP contribution is -2.43. The molecule has 0 saturated heterocycles. The summed E-state index contributed by atoms with van der Waals surface area (Å²) in [4.78, 5) is 0.721. The topological polar surface area (TPSA) is 49.8 Å². The maximum Gasteiger partial charge on any atom is 0.128 e. The maximum atomic E-state index is 9.06. The van der Waals surface area contributed by atoms with Crippen LogP contribution < -0.4 is 5.73 Å². The molecule has 0 spiro atoms. The van der Waals surface area contributed by atoms with Crippen molar-refractivity contribution in [2.45, 2.75) is 38.0 Å². The predicted octanol–water partition coefficient (Wildman–Crippen LogP) is 3.74. The van der Waals surface area contributed by atoms with Crippen molar-refractivity contribution in [3.8, 4) is 6.07 Å². The number of hydrogen-bond donors (Lipinski definition) is 1. The van der Waals surface area contributed by atoms with Crippen LogP contribution in [-0.2, 0) is 0 Å². The van der Waals surface area contributed by atoms with Gasteiger partial charge >= 0.3 is 0 Å². The highest BCUT2D eigenvalue weighted by Gasteiger charge is 2.49. The molecule has 0 atom stereocenters. The Labute approximate surface area is 112 Å². The molecule has 0 amide bonds. The average molecular weight is 258 g/mol. The highest BCUT2D eigenvalue weighted by atomic mass is 32.1. The molecule has 1 aromatic heterocycles. The van der Waals surface area contributed by atoms with Gasteiger partial charge in [0, 0.05) is 0 Å². The van der Waals surface area contributed by atoms with Crippen LogP contribution in [0.25, 0.3) is 0 Å². The summed E-state index contributed by atoms with van der Waals surface area (Å²) < 4.78 is 0. The number of anilines is 1. The quantitative estimate of drug-likeness (QED) is 0.834. The van der Waals surface area contributed by atoms with Gasteiger partial charge in [0.1, 0.15) is 10.9 Å². The Morgan fingerprint density at radius 3 is 2.22 bits per heavy atom. The molecule has 3 heteroatoms. The summed E-state index contributed by atoms with van der Waals surface area (Å²) in [7, 11) is 0. The molecule has 4 bridgehead atoms. The van der Waals surface area contributed by atoms with Crippen LogP contribution in [0.5, 0.6) is 0 Å². The SMILES string of the molecule is N#Cc1scc(C2C3CC4CC(C3)CC2C4)c1N. The fourth-order valence-corrected chi connectivity index (χ4v) is 5.98. The molecule has 4 fully saturated rings. The van der Waals surface area contributed by atoms with Gasteiger partial charge in [-0.05, 0) is 72.6 Å². The number of nitrogen functional groups attached to an aromatic ring is 1. The number of thiophene rings is 1. The Balaban J connectivity index is 1.73. The van der Waals surface area contributed by atoms with E-state index >= 15 is 0 Å². The summed E-state index contributed by atoms with van der Waals surface area (Å²) >= 11 is 1.53. The Kier molecular flexibility index (Phi) is 2.26. The van der Waals surface area contributed by atoms with Crippen LogP contribution in [-0.4, -0.2) is 0 Å². The Bertz CT molecular complexity index is 497. The van der Waals surface area contributed by atoms with E-state index in [1.54, 1.807) is 0 Å². The molecule has 0 aromatic carbocycles. The van der Waals surface area contributed by atoms with Crippen molar-refractivity contribution in [2.75, 3.05) is 5.73 Å². The Morgan fingerprint density at radius 1 is 1.11 bits per heavy atom. The molecule has 0 aliphatic heterocycles. The lowest BCUT2D eigenvalue weighted by Gasteiger charge is -2.54. The summed E-state index contributed by atoms with van der Waals surface area (Å²) in [5, 5.41) is 11.2. The first-order valence-corrected chi connectivity index (χ1v) is 7.91. The minimum Gasteiger partial charge on any atom is -0.397 e. The van der Waals surface area contributed by atoms with Crippen LogP contribution >= 0.6 is 11.3 Å². The van der Waals surface area contributed by atoms with E-state index in [9.17, 15) is 0 Å². The van der Waals surface area contributed by atoms with Crippen LogP contribution in [0, 0.1) is 35.0 Å². The lowest BCUT2D eigenvalue weighted by molar-refractivity contribution is -0.00242. The third-order valence-corrected chi connectivity index (χ3v) is 6.47. The van der Waals surface area contributed by atoms with Gasteiger partial charge in [-0.25, -0.2) is 0 Å². The van der Waals surface area contributed by atoms with E-state index in [1.807, 2.05) is 0 Å². The lowest BCUT2D eigenvalue weighted by atomic mass is 9.51. The first-order valence-electron chi connectivity index (χ1n) is 7.03. The zero-order valence-electron chi connectivity index (χ0n) is 10.4. The second kappa shape index (κ2) is 3.74. The van der Waals surface area contributed by atoms with Gasteiger partial charge in [0.2, 0.25) is 0 Å². The Morgan fingerprint density at radius 2 is 1.72 bits per heavy atom. The van der Waals surface area contributed by atoms with E-state index in [0.717, 1.165) is 34.2 Å². The summed E-state index contributed by atoms with van der Waals surface area (Å²) in [5.74, 6) is 4.36. The van der Waals surface area contributed by atoms with Crippen LogP contribution in [0.2, 0.25) is 0 Å². The van der Waals surface area contributed by atoms with Gasteiger partial charge < -0.3 is 5.73 Å². The third kappa shape index (κ3) is 1.39. The minimum absolute atomic E-state index is 0.663. The van der Waals surface area contributed by atoms with Crippen molar-refractivity contribution in [2.24, 2.45) is 23.7 Å². The van der Waals surface area contributed by atoms with Crippen molar-refractivity contribution in [3.63, 3.8) is 0 Å². The van der Waals surface area contributed by atoms with E-state index < -0.39 is 0 Å². The van der Waals surface area contributed by atoms with Crippen molar-refractivity contribution < 1.29 is 0 Å². The minimum atomic E-state index is 0.663. The molecule has 2 N–H and O–H groups in total. The van der Waals surface area contributed by atoms with Gasteiger partial charge in [-0.15, -0.1) is 11.3 Å². The molecule has 94 valence electrons.